The molecule has 2 bridgehead atoms. The maximum Gasteiger partial charge on any atom is 0.238 e. The van der Waals surface area contributed by atoms with Crippen LogP contribution in [0, 0.1) is 35.5 Å². The van der Waals surface area contributed by atoms with Gasteiger partial charge in [-0.3, -0.25) is 14.5 Å². The first kappa shape index (κ1) is 12.0. The zero-order valence-corrected chi connectivity index (χ0v) is 12.0. The zero-order chi connectivity index (χ0) is 14.3. The highest BCUT2D eigenvalue weighted by molar-refractivity contribution is 6.30. The highest BCUT2D eigenvalue weighted by atomic mass is 35.5. The summed E-state index contributed by atoms with van der Waals surface area (Å²) in [6, 6.07) is 6.96. The number of hydrogen-bond donors (Lipinski definition) is 0. The minimum absolute atomic E-state index is 0.0166. The van der Waals surface area contributed by atoms with Crippen LogP contribution in [0.1, 0.15) is 6.42 Å². The number of allylic oxidation sites excluding steroid dienone is 2. The van der Waals surface area contributed by atoms with E-state index in [0.717, 1.165) is 0 Å². The second-order valence-corrected chi connectivity index (χ2v) is 7.08. The standard InChI is InChI=1S/C17H14ClNO2/c18-8-1-3-9(4-2-8)19-16(20)14-10-5-6-11(13-7-12(10)13)15(14)17(19)21/h1-6,10-15H,7H2/t10-,11+,12-,13-,14+,15-/m1/s1. The fourth-order valence-corrected chi connectivity index (χ4v) is 4.93. The Hall–Kier alpha value is -1.61. The van der Waals surface area contributed by atoms with Crippen LogP contribution in [0.25, 0.3) is 0 Å². The van der Waals surface area contributed by atoms with Gasteiger partial charge in [-0.1, -0.05) is 23.8 Å². The Kier molecular flexibility index (Phi) is 2.15. The van der Waals surface area contributed by atoms with Crippen LogP contribution < -0.4 is 4.90 Å². The van der Waals surface area contributed by atoms with Crippen molar-refractivity contribution in [3.8, 4) is 0 Å². The molecule has 3 fully saturated rings. The van der Waals surface area contributed by atoms with Crippen molar-refractivity contribution in [2.45, 2.75) is 6.42 Å². The van der Waals surface area contributed by atoms with E-state index in [2.05, 4.69) is 12.2 Å². The van der Waals surface area contributed by atoms with Gasteiger partial charge in [0, 0.05) is 5.02 Å². The molecule has 3 nitrogen and oxygen atoms in total. The van der Waals surface area contributed by atoms with Gasteiger partial charge in [0.25, 0.3) is 0 Å². The number of amides is 2. The van der Waals surface area contributed by atoms with Crippen LogP contribution in [0.4, 0.5) is 5.69 Å². The van der Waals surface area contributed by atoms with E-state index >= 15 is 0 Å². The van der Waals surface area contributed by atoms with Gasteiger partial charge in [0.2, 0.25) is 11.8 Å². The Balaban J connectivity index is 1.58. The van der Waals surface area contributed by atoms with E-state index in [1.54, 1.807) is 24.3 Å². The minimum Gasteiger partial charge on any atom is -0.274 e. The largest absolute Gasteiger partial charge is 0.274 e. The predicted octanol–water partition coefficient (Wildman–Crippen LogP) is 2.90. The topological polar surface area (TPSA) is 37.4 Å². The van der Waals surface area contributed by atoms with Gasteiger partial charge >= 0.3 is 0 Å². The lowest BCUT2D eigenvalue weighted by atomic mass is 9.63. The monoisotopic (exact) mass is 299 g/mol. The Morgan fingerprint density at radius 1 is 0.905 bits per heavy atom. The molecule has 1 saturated heterocycles. The average molecular weight is 300 g/mol. The third kappa shape index (κ3) is 1.40. The van der Waals surface area contributed by atoms with Gasteiger partial charge in [-0.2, -0.15) is 0 Å². The first-order valence-electron chi connectivity index (χ1n) is 7.48. The van der Waals surface area contributed by atoms with Crippen LogP contribution in [0.5, 0.6) is 0 Å². The number of imide groups is 1. The normalized spacial score (nSPS) is 42.2. The van der Waals surface area contributed by atoms with Crippen LogP contribution in [0.15, 0.2) is 36.4 Å². The molecule has 1 aromatic carbocycles. The lowest BCUT2D eigenvalue weighted by Crippen LogP contribution is -2.40. The van der Waals surface area contributed by atoms with Crippen LogP contribution in [-0.2, 0) is 9.59 Å². The number of nitrogens with zero attached hydrogens (tertiary/aromatic N) is 1. The van der Waals surface area contributed by atoms with E-state index in [1.807, 2.05) is 0 Å². The molecule has 0 aromatic heterocycles. The fraction of sp³-hybridized carbons (Fsp3) is 0.412. The van der Waals surface area contributed by atoms with Crippen LogP contribution in [-0.4, -0.2) is 11.8 Å². The molecule has 6 atom stereocenters. The molecule has 5 aliphatic rings. The summed E-state index contributed by atoms with van der Waals surface area (Å²) in [7, 11) is 0. The quantitative estimate of drug-likeness (QED) is 0.591. The third-order valence-corrected chi connectivity index (χ3v) is 6.00. The summed E-state index contributed by atoms with van der Waals surface area (Å²) in [4.78, 5) is 27.0. The summed E-state index contributed by atoms with van der Waals surface area (Å²) in [6.07, 6.45) is 5.57. The minimum atomic E-state index is -0.132. The summed E-state index contributed by atoms with van der Waals surface area (Å²) >= 11 is 5.90. The fourth-order valence-electron chi connectivity index (χ4n) is 4.80. The van der Waals surface area contributed by atoms with Gasteiger partial charge in [-0.15, -0.1) is 0 Å². The predicted molar refractivity (Wildman–Crippen MR) is 78.6 cm³/mol. The van der Waals surface area contributed by atoms with E-state index in [-0.39, 0.29) is 35.5 Å². The first-order chi connectivity index (χ1) is 10.2. The lowest BCUT2D eigenvalue weighted by Gasteiger charge is -2.37. The summed E-state index contributed by atoms with van der Waals surface area (Å²) in [6.45, 7) is 0. The van der Waals surface area contributed by atoms with Gasteiger partial charge in [0.1, 0.15) is 0 Å². The summed E-state index contributed by atoms with van der Waals surface area (Å²) < 4.78 is 0. The first-order valence-corrected chi connectivity index (χ1v) is 7.86. The number of anilines is 1. The van der Waals surface area contributed by atoms with Gasteiger partial charge in [-0.25, -0.2) is 0 Å². The Morgan fingerprint density at radius 2 is 1.43 bits per heavy atom. The molecule has 4 aliphatic carbocycles. The molecule has 2 saturated carbocycles. The Labute approximate surface area is 127 Å². The molecular weight excluding hydrogens is 286 g/mol. The third-order valence-electron chi connectivity index (χ3n) is 5.75. The maximum absolute atomic E-state index is 12.8. The van der Waals surface area contributed by atoms with E-state index in [0.29, 0.717) is 22.5 Å². The van der Waals surface area contributed by atoms with Crippen LogP contribution in [0.2, 0.25) is 5.02 Å². The molecule has 0 unspecified atom stereocenters. The Morgan fingerprint density at radius 3 is 1.95 bits per heavy atom. The highest BCUT2D eigenvalue weighted by Crippen LogP contribution is 2.65. The molecule has 21 heavy (non-hydrogen) atoms. The smallest absolute Gasteiger partial charge is 0.238 e. The number of halogens is 1. The second-order valence-electron chi connectivity index (χ2n) is 6.64. The SMILES string of the molecule is O=C1[C@@H]2[C@H]3C=C[C@H]([C@H]4C[C@H]34)[C@@H]2C(=O)N1c1ccc(Cl)cc1. The molecule has 4 heteroatoms. The second kappa shape index (κ2) is 3.77. The number of benzene rings is 1. The van der Waals surface area contributed by atoms with Crippen molar-refractivity contribution in [2.24, 2.45) is 35.5 Å². The molecule has 6 rings (SSSR count). The number of carbonyl (C=O) groups excluding carboxylic acids is 2. The number of rotatable bonds is 1. The van der Waals surface area contributed by atoms with E-state index in [4.69, 9.17) is 11.6 Å². The number of carbonyl (C=O) groups is 2. The molecule has 2 amide bonds. The van der Waals surface area contributed by atoms with Crippen molar-refractivity contribution >= 4 is 29.1 Å². The van der Waals surface area contributed by atoms with Crippen molar-refractivity contribution in [2.75, 3.05) is 4.90 Å². The van der Waals surface area contributed by atoms with Crippen molar-refractivity contribution in [1.29, 1.82) is 0 Å². The number of hydrogen-bond acceptors (Lipinski definition) is 2. The van der Waals surface area contributed by atoms with Crippen LogP contribution in [0.3, 0.4) is 0 Å². The maximum atomic E-state index is 12.8. The molecule has 1 heterocycles. The van der Waals surface area contributed by atoms with Crippen molar-refractivity contribution in [3.05, 3.63) is 41.4 Å². The van der Waals surface area contributed by atoms with Crippen molar-refractivity contribution in [3.63, 3.8) is 0 Å². The van der Waals surface area contributed by atoms with Gasteiger partial charge in [-0.05, 0) is 54.4 Å². The van der Waals surface area contributed by atoms with Gasteiger partial charge < -0.3 is 0 Å². The molecule has 0 N–H and O–H groups in total. The summed E-state index contributed by atoms with van der Waals surface area (Å²) in [5.41, 5.74) is 0.650. The molecule has 0 radical (unpaired) electrons. The van der Waals surface area contributed by atoms with Gasteiger partial charge in [0.15, 0.2) is 0 Å². The summed E-state index contributed by atoms with van der Waals surface area (Å²) in [5.74, 6) is 1.54. The highest BCUT2D eigenvalue weighted by Gasteiger charge is 2.67. The van der Waals surface area contributed by atoms with E-state index < -0.39 is 0 Å². The summed E-state index contributed by atoms with van der Waals surface area (Å²) in [5, 5.41) is 0.609. The van der Waals surface area contributed by atoms with Crippen molar-refractivity contribution < 1.29 is 9.59 Å². The average Bonchev–Trinajstić information content (AvgIpc) is 3.26. The Bertz CT molecular complexity index is 659. The van der Waals surface area contributed by atoms with E-state index in [9.17, 15) is 9.59 Å². The van der Waals surface area contributed by atoms with Crippen LogP contribution >= 0.6 is 11.6 Å². The van der Waals surface area contributed by atoms with Gasteiger partial charge in [0.05, 0.1) is 17.5 Å². The molecule has 1 aromatic rings. The van der Waals surface area contributed by atoms with E-state index in [1.165, 1.54) is 11.3 Å². The van der Waals surface area contributed by atoms with Crippen molar-refractivity contribution in [1.82, 2.24) is 0 Å². The zero-order valence-electron chi connectivity index (χ0n) is 11.3. The molecule has 0 spiro atoms. The molecule has 1 aliphatic heterocycles. The molecule has 106 valence electrons. The lowest BCUT2D eigenvalue weighted by molar-refractivity contribution is -0.124. The molecular formula is C17H14ClNO2.